The first kappa shape index (κ1) is 10.9. The van der Waals surface area contributed by atoms with Crippen LogP contribution in [0.3, 0.4) is 0 Å². The average Bonchev–Trinajstić information content (AvgIpc) is 2.09. The predicted molar refractivity (Wildman–Crippen MR) is 46.8 cm³/mol. The summed E-state index contributed by atoms with van der Waals surface area (Å²) < 4.78 is 28.2. The zero-order chi connectivity index (χ0) is 9.90. The van der Waals surface area contributed by atoms with Gasteiger partial charge in [-0.05, 0) is 39.7 Å². The second kappa shape index (κ2) is 4.33. The molecule has 0 unspecified atom stereocenters. The van der Waals surface area contributed by atoms with Crippen molar-refractivity contribution in [2.24, 2.45) is 0 Å². The molecular formula is C9H17F2NO. The Morgan fingerprint density at radius 1 is 1.38 bits per heavy atom. The quantitative estimate of drug-likeness (QED) is 0.741. The van der Waals surface area contributed by atoms with E-state index in [-0.39, 0.29) is 11.6 Å². The van der Waals surface area contributed by atoms with Crippen LogP contribution in [0.4, 0.5) is 8.78 Å². The molecule has 0 amide bonds. The van der Waals surface area contributed by atoms with E-state index in [1.54, 1.807) is 0 Å². The van der Waals surface area contributed by atoms with Gasteiger partial charge in [-0.15, -0.1) is 0 Å². The molecule has 0 saturated heterocycles. The summed E-state index contributed by atoms with van der Waals surface area (Å²) in [5, 5.41) is 3.21. The van der Waals surface area contributed by atoms with Gasteiger partial charge in [-0.1, -0.05) is 0 Å². The largest absolute Gasteiger partial charge is 0.345 e. The minimum Gasteiger partial charge on any atom is -0.320 e. The van der Waals surface area contributed by atoms with E-state index in [1.807, 2.05) is 7.05 Å². The first-order valence-corrected chi connectivity index (χ1v) is 4.68. The van der Waals surface area contributed by atoms with Crippen molar-refractivity contribution < 1.29 is 13.5 Å². The van der Waals surface area contributed by atoms with Crippen molar-refractivity contribution in [1.82, 2.24) is 5.32 Å². The van der Waals surface area contributed by atoms with Crippen LogP contribution >= 0.6 is 0 Å². The Labute approximate surface area is 77.6 Å². The molecule has 1 aliphatic rings. The van der Waals surface area contributed by atoms with Gasteiger partial charge in [0.05, 0.1) is 6.10 Å². The van der Waals surface area contributed by atoms with Crippen LogP contribution in [-0.2, 0) is 4.74 Å². The normalized spacial score (nSPS) is 35.3. The molecule has 0 atom stereocenters. The number of hydrogen-bond donors (Lipinski definition) is 1. The molecule has 1 saturated carbocycles. The van der Waals surface area contributed by atoms with Crippen LogP contribution in [-0.4, -0.2) is 25.3 Å². The third-order valence-electron chi connectivity index (χ3n) is 2.94. The molecule has 0 heterocycles. The third-order valence-corrected chi connectivity index (χ3v) is 2.94. The second-order valence-electron chi connectivity index (χ2n) is 3.91. The first-order chi connectivity index (χ1) is 6.06. The zero-order valence-corrected chi connectivity index (χ0v) is 8.15. The van der Waals surface area contributed by atoms with Crippen LogP contribution in [0.2, 0.25) is 0 Å². The van der Waals surface area contributed by atoms with Crippen molar-refractivity contribution in [2.45, 2.75) is 50.9 Å². The van der Waals surface area contributed by atoms with Crippen LogP contribution in [0.5, 0.6) is 0 Å². The number of nitrogens with one attached hydrogen (secondary N) is 1. The van der Waals surface area contributed by atoms with Crippen molar-refractivity contribution in [3.63, 3.8) is 0 Å². The van der Waals surface area contributed by atoms with Crippen molar-refractivity contribution in [2.75, 3.05) is 7.05 Å². The average molecular weight is 193 g/mol. The third kappa shape index (κ3) is 3.19. The van der Waals surface area contributed by atoms with Gasteiger partial charge < -0.3 is 10.1 Å². The standard InChI is InChI=1S/C9H17F2NO/c1-9(12-2)5-3-7(4-6-9)13-8(10)11/h7-8,12H,3-6H2,1-2H3/t7-,9+. The second-order valence-corrected chi connectivity index (χ2v) is 3.91. The fraction of sp³-hybridized carbons (Fsp3) is 1.00. The summed E-state index contributed by atoms with van der Waals surface area (Å²) in [4.78, 5) is 0. The molecule has 1 rings (SSSR count). The summed E-state index contributed by atoms with van der Waals surface area (Å²) in [5.74, 6) is 0. The summed E-state index contributed by atoms with van der Waals surface area (Å²) in [6.45, 7) is -0.505. The summed E-state index contributed by atoms with van der Waals surface area (Å²) in [6.07, 6.45) is 3.01. The van der Waals surface area contributed by atoms with Gasteiger partial charge in [0.15, 0.2) is 0 Å². The molecule has 0 spiro atoms. The van der Waals surface area contributed by atoms with E-state index in [9.17, 15) is 8.78 Å². The Hall–Kier alpha value is -0.220. The molecule has 1 N–H and O–H groups in total. The highest BCUT2D eigenvalue weighted by Gasteiger charge is 2.30. The fourth-order valence-corrected chi connectivity index (χ4v) is 1.76. The summed E-state index contributed by atoms with van der Waals surface area (Å²) in [5.41, 5.74) is 0.113. The van der Waals surface area contributed by atoms with E-state index in [1.165, 1.54) is 0 Å². The molecule has 1 aliphatic carbocycles. The molecular weight excluding hydrogens is 176 g/mol. The Morgan fingerprint density at radius 2 is 1.92 bits per heavy atom. The Balaban J connectivity index is 2.30. The van der Waals surface area contributed by atoms with Gasteiger partial charge >= 0.3 is 6.61 Å². The van der Waals surface area contributed by atoms with Crippen molar-refractivity contribution in [1.29, 1.82) is 0 Å². The molecule has 0 aromatic heterocycles. The fourth-order valence-electron chi connectivity index (χ4n) is 1.76. The molecule has 0 aromatic rings. The molecule has 0 radical (unpaired) electrons. The highest BCUT2D eigenvalue weighted by Crippen LogP contribution is 2.29. The lowest BCUT2D eigenvalue weighted by Crippen LogP contribution is -2.44. The van der Waals surface area contributed by atoms with Crippen molar-refractivity contribution in [3.8, 4) is 0 Å². The van der Waals surface area contributed by atoms with Gasteiger partial charge in [0.1, 0.15) is 0 Å². The Morgan fingerprint density at radius 3 is 2.31 bits per heavy atom. The number of alkyl halides is 2. The smallest absolute Gasteiger partial charge is 0.320 e. The summed E-state index contributed by atoms with van der Waals surface area (Å²) in [7, 11) is 1.91. The Kier molecular flexibility index (Phi) is 3.62. The molecule has 2 nitrogen and oxygen atoms in total. The van der Waals surface area contributed by atoms with Gasteiger partial charge in [0, 0.05) is 5.54 Å². The van der Waals surface area contributed by atoms with Crippen molar-refractivity contribution >= 4 is 0 Å². The number of halogens is 2. The lowest BCUT2D eigenvalue weighted by Gasteiger charge is -2.36. The van der Waals surface area contributed by atoms with E-state index in [2.05, 4.69) is 17.0 Å². The minimum absolute atomic E-state index is 0.113. The maximum Gasteiger partial charge on any atom is 0.345 e. The zero-order valence-electron chi connectivity index (χ0n) is 8.15. The maximum atomic E-state index is 11.9. The van der Waals surface area contributed by atoms with Gasteiger partial charge in [0.25, 0.3) is 0 Å². The highest BCUT2D eigenvalue weighted by molar-refractivity contribution is 4.88. The van der Waals surface area contributed by atoms with Crippen LogP contribution in [0.15, 0.2) is 0 Å². The molecule has 0 aliphatic heterocycles. The van der Waals surface area contributed by atoms with Crippen molar-refractivity contribution in [3.05, 3.63) is 0 Å². The molecule has 0 aromatic carbocycles. The summed E-state index contributed by atoms with van der Waals surface area (Å²) >= 11 is 0. The van der Waals surface area contributed by atoms with Crippen LogP contribution < -0.4 is 5.32 Å². The lowest BCUT2D eigenvalue weighted by molar-refractivity contribution is -0.172. The topological polar surface area (TPSA) is 21.3 Å². The molecule has 4 heteroatoms. The van der Waals surface area contributed by atoms with E-state index >= 15 is 0 Å². The number of ether oxygens (including phenoxy) is 1. The van der Waals surface area contributed by atoms with Gasteiger partial charge in [-0.3, -0.25) is 0 Å². The molecule has 1 fully saturated rings. The van der Waals surface area contributed by atoms with E-state index < -0.39 is 6.61 Å². The van der Waals surface area contributed by atoms with Gasteiger partial charge in [0.2, 0.25) is 0 Å². The molecule has 0 bridgehead atoms. The van der Waals surface area contributed by atoms with Gasteiger partial charge in [-0.2, -0.15) is 8.78 Å². The first-order valence-electron chi connectivity index (χ1n) is 4.68. The maximum absolute atomic E-state index is 11.9. The lowest BCUT2D eigenvalue weighted by atomic mass is 9.82. The van der Waals surface area contributed by atoms with Gasteiger partial charge in [-0.25, -0.2) is 0 Å². The van der Waals surface area contributed by atoms with Crippen LogP contribution in [0.1, 0.15) is 32.6 Å². The van der Waals surface area contributed by atoms with Crippen LogP contribution in [0, 0.1) is 0 Å². The summed E-state index contributed by atoms with van der Waals surface area (Å²) in [6, 6.07) is 0. The van der Waals surface area contributed by atoms with E-state index in [0.717, 1.165) is 25.7 Å². The monoisotopic (exact) mass is 193 g/mol. The Bertz CT molecular complexity index is 156. The number of rotatable bonds is 3. The van der Waals surface area contributed by atoms with Crippen LogP contribution in [0.25, 0.3) is 0 Å². The predicted octanol–water partition coefficient (Wildman–Crippen LogP) is 2.15. The molecule has 78 valence electrons. The van der Waals surface area contributed by atoms with E-state index in [0.29, 0.717) is 0 Å². The number of hydrogen-bond acceptors (Lipinski definition) is 2. The highest BCUT2D eigenvalue weighted by atomic mass is 19.3. The van der Waals surface area contributed by atoms with E-state index in [4.69, 9.17) is 0 Å². The SMILES string of the molecule is CN[C@]1(C)CC[C@H](OC(F)F)CC1. The minimum atomic E-state index is -2.62. The molecule has 13 heavy (non-hydrogen) atoms.